The number of hydrogen-bond acceptors (Lipinski definition) is 0. The average Bonchev–Trinajstić information content (AvgIpc) is 2.94. The molecule has 0 amide bonds. The van der Waals surface area contributed by atoms with Crippen LogP contribution in [0.4, 0.5) is 8.78 Å². The number of halogens is 2. The lowest BCUT2D eigenvalue weighted by Crippen LogP contribution is -2.13. The molecule has 0 radical (unpaired) electrons. The highest BCUT2D eigenvalue weighted by Crippen LogP contribution is 2.43. The SMILES string of the molecule is CCC[C@H]1CC[C@H](c2cc(F)c3c(c2)Cc2ccc(F)cc2-3)CC1. The van der Waals surface area contributed by atoms with Crippen LogP contribution in [0.15, 0.2) is 30.3 Å². The van der Waals surface area contributed by atoms with Gasteiger partial charge in [-0.2, -0.15) is 0 Å². The van der Waals surface area contributed by atoms with E-state index in [1.807, 2.05) is 0 Å². The Labute approximate surface area is 142 Å². The van der Waals surface area contributed by atoms with E-state index in [2.05, 4.69) is 13.0 Å². The first kappa shape index (κ1) is 15.8. The molecule has 0 nitrogen and oxygen atoms in total. The van der Waals surface area contributed by atoms with E-state index in [0.29, 0.717) is 11.5 Å². The Morgan fingerprint density at radius 1 is 0.958 bits per heavy atom. The molecular formula is C22H24F2. The van der Waals surface area contributed by atoms with Crippen LogP contribution in [0.25, 0.3) is 11.1 Å². The first-order valence-corrected chi connectivity index (χ1v) is 9.26. The minimum atomic E-state index is -0.292. The van der Waals surface area contributed by atoms with Crippen molar-refractivity contribution < 1.29 is 8.78 Å². The minimum Gasteiger partial charge on any atom is -0.207 e. The Kier molecular flexibility index (Phi) is 4.15. The largest absolute Gasteiger partial charge is 0.207 e. The molecule has 0 bridgehead atoms. The summed E-state index contributed by atoms with van der Waals surface area (Å²) in [7, 11) is 0. The summed E-state index contributed by atoms with van der Waals surface area (Å²) in [6.45, 7) is 2.25. The number of rotatable bonds is 3. The van der Waals surface area contributed by atoms with Crippen molar-refractivity contribution in [2.45, 2.75) is 57.8 Å². The third kappa shape index (κ3) is 2.76. The van der Waals surface area contributed by atoms with E-state index in [1.165, 1.54) is 50.7 Å². The van der Waals surface area contributed by atoms with Crippen molar-refractivity contribution in [3.05, 3.63) is 58.7 Å². The fourth-order valence-electron chi connectivity index (χ4n) is 4.70. The minimum absolute atomic E-state index is 0.178. The fraction of sp³-hybridized carbons (Fsp3) is 0.455. The smallest absolute Gasteiger partial charge is 0.131 e. The molecule has 2 aliphatic carbocycles. The summed E-state index contributed by atoms with van der Waals surface area (Å²) in [6, 6.07) is 8.63. The van der Waals surface area contributed by atoms with Gasteiger partial charge in [0, 0.05) is 5.56 Å². The molecular weight excluding hydrogens is 302 g/mol. The Balaban J connectivity index is 1.61. The maximum Gasteiger partial charge on any atom is 0.131 e. The highest BCUT2D eigenvalue weighted by Gasteiger charge is 2.27. The summed E-state index contributed by atoms with van der Waals surface area (Å²) in [4.78, 5) is 0. The summed E-state index contributed by atoms with van der Waals surface area (Å²) in [5.74, 6) is 0.873. The van der Waals surface area contributed by atoms with E-state index in [-0.39, 0.29) is 11.6 Å². The van der Waals surface area contributed by atoms with Gasteiger partial charge in [0.25, 0.3) is 0 Å². The second-order valence-corrected chi connectivity index (χ2v) is 7.52. The standard InChI is InChI=1S/C22H24F2/c1-2-3-14-4-6-15(7-5-14)17-11-18-10-16-8-9-19(23)13-20(16)22(18)21(24)12-17/h8-9,11-15H,2-7,10H2,1H3/t14-,15-. The highest BCUT2D eigenvalue weighted by atomic mass is 19.1. The van der Waals surface area contributed by atoms with E-state index in [0.717, 1.165) is 34.6 Å². The zero-order valence-corrected chi connectivity index (χ0v) is 14.2. The van der Waals surface area contributed by atoms with Gasteiger partial charge in [-0.3, -0.25) is 0 Å². The van der Waals surface area contributed by atoms with Crippen LogP contribution in [-0.4, -0.2) is 0 Å². The number of fused-ring (bicyclic) bond motifs is 3. The van der Waals surface area contributed by atoms with Crippen molar-refractivity contribution in [1.29, 1.82) is 0 Å². The quantitative estimate of drug-likeness (QED) is 0.508. The summed E-state index contributed by atoms with van der Waals surface area (Å²) in [5, 5.41) is 0. The maximum atomic E-state index is 14.8. The Morgan fingerprint density at radius 2 is 1.75 bits per heavy atom. The Bertz CT molecular complexity index is 755. The molecule has 0 saturated heterocycles. The molecule has 0 aliphatic heterocycles. The van der Waals surface area contributed by atoms with Gasteiger partial charge in [-0.15, -0.1) is 0 Å². The average molecular weight is 326 g/mol. The van der Waals surface area contributed by atoms with Gasteiger partial charge < -0.3 is 0 Å². The van der Waals surface area contributed by atoms with Crippen LogP contribution in [0.1, 0.15) is 68.1 Å². The molecule has 1 saturated carbocycles. The molecule has 126 valence electrons. The predicted molar refractivity (Wildman–Crippen MR) is 94.2 cm³/mol. The van der Waals surface area contributed by atoms with Crippen LogP contribution in [0.3, 0.4) is 0 Å². The molecule has 0 unspecified atom stereocenters. The van der Waals surface area contributed by atoms with Crippen LogP contribution in [0.2, 0.25) is 0 Å². The van der Waals surface area contributed by atoms with E-state index in [9.17, 15) is 8.78 Å². The third-order valence-electron chi connectivity index (χ3n) is 5.93. The summed E-state index contributed by atoms with van der Waals surface area (Å²) in [5.41, 5.74) is 4.57. The first-order valence-electron chi connectivity index (χ1n) is 9.26. The van der Waals surface area contributed by atoms with Crippen molar-refractivity contribution in [2.24, 2.45) is 5.92 Å². The van der Waals surface area contributed by atoms with E-state index in [1.54, 1.807) is 12.1 Å². The topological polar surface area (TPSA) is 0 Å². The molecule has 0 N–H and O–H groups in total. The monoisotopic (exact) mass is 326 g/mol. The maximum absolute atomic E-state index is 14.8. The zero-order valence-electron chi connectivity index (χ0n) is 14.2. The van der Waals surface area contributed by atoms with E-state index in [4.69, 9.17) is 0 Å². The molecule has 2 heteroatoms. The molecule has 2 aromatic carbocycles. The molecule has 0 atom stereocenters. The van der Waals surface area contributed by atoms with Crippen molar-refractivity contribution in [3.63, 3.8) is 0 Å². The first-order chi connectivity index (χ1) is 11.7. The molecule has 0 aromatic heterocycles. The van der Waals surface area contributed by atoms with E-state index < -0.39 is 0 Å². The van der Waals surface area contributed by atoms with Crippen molar-refractivity contribution >= 4 is 0 Å². The summed E-state index contributed by atoms with van der Waals surface area (Å²) in [6.07, 6.45) is 8.19. The number of benzene rings is 2. The van der Waals surface area contributed by atoms with Gasteiger partial charge in [0.1, 0.15) is 11.6 Å². The van der Waals surface area contributed by atoms with Crippen LogP contribution >= 0.6 is 0 Å². The second-order valence-electron chi connectivity index (χ2n) is 7.52. The van der Waals surface area contributed by atoms with Crippen molar-refractivity contribution in [3.8, 4) is 11.1 Å². The van der Waals surface area contributed by atoms with E-state index >= 15 is 0 Å². The molecule has 24 heavy (non-hydrogen) atoms. The molecule has 2 aliphatic rings. The van der Waals surface area contributed by atoms with Gasteiger partial charge in [0.15, 0.2) is 0 Å². The van der Waals surface area contributed by atoms with Crippen molar-refractivity contribution in [2.75, 3.05) is 0 Å². The molecule has 2 aromatic rings. The van der Waals surface area contributed by atoms with Gasteiger partial charge in [-0.05, 0) is 84.4 Å². The van der Waals surface area contributed by atoms with Gasteiger partial charge in [0.05, 0.1) is 0 Å². The highest BCUT2D eigenvalue weighted by molar-refractivity contribution is 5.77. The van der Waals surface area contributed by atoms with Gasteiger partial charge in [-0.25, -0.2) is 8.78 Å². The van der Waals surface area contributed by atoms with Gasteiger partial charge in [0.2, 0.25) is 0 Å². The lowest BCUT2D eigenvalue weighted by atomic mass is 9.77. The molecule has 4 rings (SSSR count). The zero-order chi connectivity index (χ0) is 16.7. The summed E-state index contributed by atoms with van der Waals surface area (Å²) >= 11 is 0. The Hall–Kier alpha value is -1.70. The lowest BCUT2D eigenvalue weighted by Gasteiger charge is -2.29. The lowest BCUT2D eigenvalue weighted by molar-refractivity contribution is 0.308. The van der Waals surface area contributed by atoms with Crippen LogP contribution in [-0.2, 0) is 6.42 Å². The molecule has 0 heterocycles. The fourth-order valence-corrected chi connectivity index (χ4v) is 4.70. The van der Waals surface area contributed by atoms with Gasteiger partial charge >= 0.3 is 0 Å². The number of hydrogen-bond donors (Lipinski definition) is 0. The van der Waals surface area contributed by atoms with Crippen LogP contribution < -0.4 is 0 Å². The van der Waals surface area contributed by atoms with Crippen LogP contribution in [0, 0.1) is 17.6 Å². The summed E-state index contributed by atoms with van der Waals surface area (Å²) < 4.78 is 28.3. The van der Waals surface area contributed by atoms with Crippen molar-refractivity contribution in [1.82, 2.24) is 0 Å². The third-order valence-corrected chi connectivity index (χ3v) is 5.93. The second kappa shape index (κ2) is 6.31. The molecule has 0 spiro atoms. The van der Waals surface area contributed by atoms with Crippen LogP contribution in [0.5, 0.6) is 0 Å². The predicted octanol–water partition coefficient (Wildman–Crippen LogP) is 6.61. The normalized spacial score (nSPS) is 22.3. The molecule has 1 fully saturated rings. The van der Waals surface area contributed by atoms with Gasteiger partial charge in [-0.1, -0.05) is 31.9 Å². The Morgan fingerprint density at radius 3 is 2.50 bits per heavy atom.